The van der Waals surface area contributed by atoms with Crippen LogP contribution in [-0.2, 0) is 0 Å². The lowest BCUT2D eigenvalue weighted by atomic mass is 10.4. The molecular weight excluding hydrogens is 289 g/mol. The highest BCUT2D eigenvalue weighted by Crippen LogP contribution is 2.29. The Balaban J connectivity index is 1.90. The van der Waals surface area contributed by atoms with Gasteiger partial charge in [0.1, 0.15) is 5.82 Å². The standard InChI is InChI=1S/C14H16FN5S/c1-16-12-17-13(20-8-4-5-9-20)19-14(18-12)21-11-7-3-2-6-10(11)15/h2-3,6-7H,4-5,8-9H2,1H3,(H,16,17,18,19). The molecule has 7 heteroatoms. The van der Waals surface area contributed by atoms with Crippen LogP contribution in [-0.4, -0.2) is 35.1 Å². The summed E-state index contributed by atoms with van der Waals surface area (Å²) in [5.41, 5.74) is 0. The van der Waals surface area contributed by atoms with Gasteiger partial charge in [-0.1, -0.05) is 12.1 Å². The average molecular weight is 305 g/mol. The van der Waals surface area contributed by atoms with Gasteiger partial charge in [0.2, 0.25) is 11.9 Å². The number of aromatic nitrogens is 3. The molecule has 0 amide bonds. The van der Waals surface area contributed by atoms with Crippen molar-refractivity contribution in [2.24, 2.45) is 0 Å². The normalized spacial score (nSPS) is 14.5. The van der Waals surface area contributed by atoms with Crippen molar-refractivity contribution in [3.8, 4) is 0 Å². The van der Waals surface area contributed by atoms with Crippen LogP contribution in [0.1, 0.15) is 12.8 Å². The van der Waals surface area contributed by atoms with Gasteiger partial charge in [0, 0.05) is 20.1 Å². The second-order valence-corrected chi connectivity index (χ2v) is 5.73. The van der Waals surface area contributed by atoms with Crippen LogP contribution in [0.2, 0.25) is 0 Å². The largest absolute Gasteiger partial charge is 0.357 e. The molecule has 0 unspecified atom stereocenters. The van der Waals surface area contributed by atoms with E-state index in [1.54, 1.807) is 25.2 Å². The molecule has 21 heavy (non-hydrogen) atoms. The predicted molar refractivity (Wildman–Crippen MR) is 81.3 cm³/mol. The summed E-state index contributed by atoms with van der Waals surface area (Å²) in [6.45, 7) is 1.91. The predicted octanol–water partition coefficient (Wildman–Crippen LogP) is 2.80. The van der Waals surface area contributed by atoms with Gasteiger partial charge >= 0.3 is 0 Å². The number of nitrogens with zero attached hydrogens (tertiary/aromatic N) is 4. The first-order valence-corrected chi connectivity index (χ1v) is 7.69. The summed E-state index contributed by atoms with van der Waals surface area (Å²) in [6.07, 6.45) is 2.30. The lowest BCUT2D eigenvalue weighted by Crippen LogP contribution is -2.21. The van der Waals surface area contributed by atoms with Gasteiger partial charge in [0.25, 0.3) is 0 Å². The van der Waals surface area contributed by atoms with Gasteiger partial charge in [-0.3, -0.25) is 0 Å². The molecule has 0 saturated carbocycles. The monoisotopic (exact) mass is 305 g/mol. The van der Waals surface area contributed by atoms with Crippen molar-refractivity contribution in [3.63, 3.8) is 0 Å². The number of hydrogen-bond donors (Lipinski definition) is 1. The zero-order valence-electron chi connectivity index (χ0n) is 11.7. The Morgan fingerprint density at radius 3 is 2.62 bits per heavy atom. The number of nitrogens with one attached hydrogen (secondary N) is 1. The Hall–Kier alpha value is -1.89. The average Bonchev–Trinajstić information content (AvgIpc) is 3.04. The molecule has 1 saturated heterocycles. The van der Waals surface area contributed by atoms with E-state index in [9.17, 15) is 4.39 Å². The molecule has 0 spiro atoms. The van der Waals surface area contributed by atoms with Crippen molar-refractivity contribution < 1.29 is 4.39 Å². The number of hydrogen-bond acceptors (Lipinski definition) is 6. The maximum atomic E-state index is 13.7. The van der Waals surface area contributed by atoms with Gasteiger partial charge in [0.05, 0.1) is 4.90 Å². The third kappa shape index (κ3) is 3.24. The van der Waals surface area contributed by atoms with Crippen LogP contribution in [0.5, 0.6) is 0 Å². The maximum Gasteiger partial charge on any atom is 0.231 e. The fourth-order valence-corrected chi connectivity index (χ4v) is 2.96. The molecule has 0 bridgehead atoms. The molecule has 2 aromatic rings. The fourth-order valence-electron chi connectivity index (χ4n) is 2.19. The van der Waals surface area contributed by atoms with E-state index in [4.69, 9.17) is 0 Å². The molecular formula is C14H16FN5S. The number of halogens is 1. The molecule has 1 aliphatic rings. The van der Waals surface area contributed by atoms with Crippen LogP contribution in [0.25, 0.3) is 0 Å². The van der Waals surface area contributed by atoms with Gasteiger partial charge in [0.15, 0.2) is 5.16 Å². The minimum Gasteiger partial charge on any atom is -0.357 e. The first kappa shape index (κ1) is 14.1. The molecule has 1 N–H and O–H groups in total. The Labute approximate surface area is 127 Å². The third-order valence-electron chi connectivity index (χ3n) is 3.25. The van der Waals surface area contributed by atoms with E-state index in [0.717, 1.165) is 25.9 Å². The molecule has 1 aromatic carbocycles. The highest BCUT2D eigenvalue weighted by atomic mass is 32.2. The van der Waals surface area contributed by atoms with Crippen molar-refractivity contribution in [2.45, 2.75) is 22.9 Å². The molecule has 1 aliphatic heterocycles. The maximum absolute atomic E-state index is 13.7. The van der Waals surface area contributed by atoms with Gasteiger partial charge < -0.3 is 10.2 Å². The van der Waals surface area contributed by atoms with Crippen molar-refractivity contribution in [2.75, 3.05) is 30.4 Å². The van der Waals surface area contributed by atoms with E-state index < -0.39 is 0 Å². The Bertz CT molecular complexity index is 631. The van der Waals surface area contributed by atoms with Crippen molar-refractivity contribution in [1.29, 1.82) is 0 Å². The van der Waals surface area contributed by atoms with Gasteiger partial charge in [-0.25, -0.2) is 4.39 Å². The fraction of sp³-hybridized carbons (Fsp3) is 0.357. The molecule has 5 nitrogen and oxygen atoms in total. The van der Waals surface area contributed by atoms with Crippen LogP contribution < -0.4 is 10.2 Å². The Morgan fingerprint density at radius 2 is 1.90 bits per heavy atom. The van der Waals surface area contributed by atoms with Crippen molar-refractivity contribution >= 4 is 23.7 Å². The van der Waals surface area contributed by atoms with Crippen LogP contribution in [0, 0.1) is 5.82 Å². The Kier molecular flexibility index (Phi) is 4.19. The first-order valence-electron chi connectivity index (χ1n) is 6.87. The van der Waals surface area contributed by atoms with Gasteiger partial charge in [-0.2, -0.15) is 15.0 Å². The first-order chi connectivity index (χ1) is 10.3. The summed E-state index contributed by atoms with van der Waals surface area (Å²) in [5, 5.41) is 3.44. The lowest BCUT2D eigenvalue weighted by molar-refractivity contribution is 0.601. The Morgan fingerprint density at radius 1 is 1.14 bits per heavy atom. The molecule has 0 atom stereocenters. The lowest BCUT2D eigenvalue weighted by Gasteiger charge is -2.16. The quantitative estimate of drug-likeness (QED) is 0.937. The van der Waals surface area contributed by atoms with Crippen LogP contribution in [0.4, 0.5) is 16.3 Å². The summed E-state index contributed by atoms with van der Waals surface area (Å²) < 4.78 is 13.7. The summed E-state index contributed by atoms with van der Waals surface area (Å²) in [4.78, 5) is 15.8. The van der Waals surface area contributed by atoms with E-state index in [0.29, 0.717) is 21.9 Å². The topological polar surface area (TPSA) is 53.9 Å². The molecule has 0 radical (unpaired) electrons. The summed E-state index contributed by atoms with van der Waals surface area (Å²) in [6, 6.07) is 6.62. The smallest absolute Gasteiger partial charge is 0.231 e. The van der Waals surface area contributed by atoms with E-state index >= 15 is 0 Å². The minimum absolute atomic E-state index is 0.267. The van der Waals surface area contributed by atoms with Crippen molar-refractivity contribution in [3.05, 3.63) is 30.1 Å². The van der Waals surface area contributed by atoms with Crippen LogP contribution in [0.3, 0.4) is 0 Å². The molecule has 1 aromatic heterocycles. The number of benzene rings is 1. The van der Waals surface area contributed by atoms with Crippen LogP contribution in [0.15, 0.2) is 34.3 Å². The number of rotatable bonds is 4. The zero-order chi connectivity index (χ0) is 14.7. The van der Waals surface area contributed by atoms with E-state index in [1.807, 2.05) is 0 Å². The van der Waals surface area contributed by atoms with E-state index in [-0.39, 0.29) is 5.82 Å². The molecule has 110 valence electrons. The van der Waals surface area contributed by atoms with Crippen LogP contribution >= 0.6 is 11.8 Å². The molecule has 1 fully saturated rings. The van der Waals surface area contributed by atoms with Crippen molar-refractivity contribution in [1.82, 2.24) is 15.0 Å². The second-order valence-electron chi connectivity index (χ2n) is 4.72. The third-order valence-corrected chi connectivity index (χ3v) is 4.17. The zero-order valence-corrected chi connectivity index (χ0v) is 12.5. The minimum atomic E-state index is -0.267. The van der Waals surface area contributed by atoms with E-state index in [1.165, 1.54) is 17.8 Å². The summed E-state index contributed by atoms with van der Waals surface area (Å²) in [7, 11) is 1.76. The molecule has 3 rings (SSSR count). The second kappa shape index (κ2) is 6.26. The molecule has 2 heterocycles. The SMILES string of the molecule is CNc1nc(Sc2ccccc2F)nc(N2CCCC2)n1. The number of anilines is 2. The van der Waals surface area contributed by atoms with Gasteiger partial charge in [-0.15, -0.1) is 0 Å². The highest BCUT2D eigenvalue weighted by Gasteiger charge is 2.18. The summed E-state index contributed by atoms with van der Waals surface area (Å²) >= 11 is 1.21. The molecule has 0 aliphatic carbocycles. The highest BCUT2D eigenvalue weighted by molar-refractivity contribution is 7.99. The van der Waals surface area contributed by atoms with E-state index in [2.05, 4.69) is 25.2 Å². The van der Waals surface area contributed by atoms with Gasteiger partial charge in [-0.05, 0) is 36.7 Å². The summed E-state index contributed by atoms with van der Waals surface area (Å²) in [5.74, 6) is 0.896.